The smallest absolute Gasteiger partial charge is 0.347 e. The first-order valence-corrected chi connectivity index (χ1v) is 10.4. The maximum Gasteiger partial charge on any atom is 0.416 e. The number of benzene rings is 2. The number of hydrogen-bond acceptors (Lipinski definition) is 5. The first-order chi connectivity index (χ1) is 16.3. The molecule has 0 fully saturated rings. The van der Waals surface area contributed by atoms with Gasteiger partial charge in [0.25, 0.3) is 0 Å². The number of rotatable bonds is 3. The summed E-state index contributed by atoms with van der Waals surface area (Å²) in [5.41, 5.74) is 2.89. The summed E-state index contributed by atoms with van der Waals surface area (Å²) in [5.74, 6) is 0.304. The Labute approximate surface area is 191 Å². The summed E-state index contributed by atoms with van der Waals surface area (Å²) in [4.78, 5) is 26.5. The molecule has 0 aliphatic carbocycles. The van der Waals surface area contributed by atoms with E-state index in [9.17, 15) is 18.0 Å². The number of aromatic nitrogens is 4. The number of alkyl halides is 3. The fraction of sp³-hybridized carbons (Fsp3) is 0.217. The van der Waals surface area contributed by atoms with Crippen molar-refractivity contribution in [3.05, 3.63) is 83.3 Å². The van der Waals surface area contributed by atoms with Crippen LogP contribution in [0, 0.1) is 6.92 Å². The Morgan fingerprint density at radius 3 is 2.59 bits per heavy atom. The van der Waals surface area contributed by atoms with E-state index < -0.39 is 17.8 Å². The number of aryl methyl sites for hydroxylation is 1. The van der Waals surface area contributed by atoms with Crippen molar-refractivity contribution in [1.82, 2.24) is 25.0 Å². The fourth-order valence-corrected chi connectivity index (χ4v) is 3.80. The number of imidazole rings is 1. The third kappa shape index (κ3) is 4.24. The highest BCUT2D eigenvalue weighted by molar-refractivity contribution is 5.89. The molecule has 0 bridgehead atoms. The van der Waals surface area contributed by atoms with Crippen LogP contribution < -0.4 is 5.32 Å². The van der Waals surface area contributed by atoms with Gasteiger partial charge in [0, 0.05) is 17.7 Å². The first-order valence-electron chi connectivity index (χ1n) is 10.4. The number of amides is 2. The van der Waals surface area contributed by atoms with Crippen molar-refractivity contribution in [3.8, 4) is 11.4 Å². The SMILES string of the molecule is Cc1ccc(NC(=O)N2Cc3[nH]cnc3CC2c2nc(-c3ccc(C(F)(F)F)cc3)no2)cc1. The van der Waals surface area contributed by atoms with Gasteiger partial charge < -0.3 is 19.7 Å². The predicted molar refractivity (Wildman–Crippen MR) is 116 cm³/mol. The van der Waals surface area contributed by atoms with E-state index >= 15 is 0 Å². The largest absolute Gasteiger partial charge is 0.416 e. The Morgan fingerprint density at radius 1 is 1.15 bits per heavy atom. The first kappa shape index (κ1) is 21.7. The van der Waals surface area contributed by atoms with E-state index in [4.69, 9.17) is 4.52 Å². The highest BCUT2D eigenvalue weighted by Gasteiger charge is 2.36. The molecule has 0 saturated carbocycles. The highest BCUT2D eigenvalue weighted by Crippen LogP contribution is 2.34. The number of hydrogen-bond donors (Lipinski definition) is 2. The zero-order chi connectivity index (χ0) is 23.9. The zero-order valence-electron chi connectivity index (χ0n) is 17.9. The average Bonchev–Trinajstić information content (AvgIpc) is 3.48. The number of H-pyrrole nitrogens is 1. The van der Waals surface area contributed by atoms with Crippen LogP contribution in [0.2, 0.25) is 0 Å². The standard InChI is InChI=1S/C23H19F3N6O2/c1-13-2-8-16(9-3-13)29-22(33)32-11-18-17(27-12-28-18)10-19(32)21-30-20(31-34-21)14-4-6-15(7-5-14)23(24,25)26/h2-9,12,19H,10-11H2,1H3,(H,27,28)(H,29,33). The van der Waals surface area contributed by atoms with Gasteiger partial charge in [0.15, 0.2) is 0 Å². The molecular formula is C23H19F3N6O2. The molecule has 1 aliphatic rings. The lowest BCUT2D eigenvalue weighted by Gasteiger charge is -2.32. The number of carbonyl (C=O) groups is 1. The molecule has 2 N–H and O–H groups in total. The lowest BCUT2D eigenvalue weighted by Crippen LogP contribution is -2.41. The minimum Gasteiger partial charge on any atom is -0.347 e. The summed E-state index contributed by atoms with van der Waals surface area (Å²) in [6.45, 7) is 2.20. The third-order valence-electron chi connectivity index (χ3n) is 5.66. The Hall–Kier alpha value is -4.15. The average molecular weight is 468 g/mol. The maximum absolute atomic E-state index is 13.2. The second-order valence-corrected chi connectivity index (χ2v) is 8.00. The van der Waals surface area contributed by atoms with Crippen LogP contribution in [-0.2, 0) is 19.1 Å². The predicted octanol–water partition coefficient (Wildman–Crippen LogP) is 5.12. The van der Waals surface area contributed by atoms with Crippen molar-refractivity contribution >= 4 is 11.7 Å². The van der Waals surface area contributed by atoms with Gasteiger partial charge in [-0.1, -0.05) is 35.0 Å². The number of carbonyl (C=O) groups excluding carboxylic acids is 1. The van der Waals surface area contributed by atoms with E-state index in [1.54, 1.807) is 11.2 Å². The molecule has 4 aromatic rings. The Morgan fingerprint density at radius 2 is 1.88 bits per heavy atom. The summed E-state index contributed by atoms with van der Waals surface area (Å²) in [5, 5.41) is 6.81. The van der Waals surface area contributed by atoms with Gasteiger partial charge in [-0.15, -0.1) is 0 Å². The van der Waals surface area contributed by atoms with Crippen molar-refractivity contribution < 1.29 is 22.5 Å². The normalized spacial score (nSPS) is 15.8. The van der Waals surface area contributed by atoms with Crippen LogP contribution in [0.25, 0.3) is 11.4 Å². The summed E-state index contributed by atoms with van der Waals surface area (Å²) in [7, 11) is 0. The van der Waals surface area contributed by atoms with Crippen LogP contribution in [0.3, 0.4) is 0 Å². The number of halogens is 3. The molecule has 0 spiro atoms. The zero-order valence-corrected chi connectivity index (χ0v) is 17.9. The van der Waals surface area contributed by atoms with Crippen molar-refractivity contribution in [2.24, 2.45) is 0 Å². The van der Waals surface area contributed by atoms with Gasteiger partial charge in [0.2, 0.25) is 11.7 Å². The van der Waals surface area contributed by atoms with E-state index in [0.29, 0.717) is 17.7 Å². The van der Waals surface area contributed by atoms with Gasteiger partial charge in [-0.3, -0.25) is 0 Å². The summed E-state index contributed by atoms with van der Waals surface area (Å²) in [6.07, 6.45) is -2.53. The molecule has 1 unspecified atom stereocenters. The molecule has 11 heteroatoms. The minimum atomic E-state index is -4.43. The van der Waals surface area contributed by atoms with Crippen molar-refractivity contribution in [2.45, 2.75) is 32.1 Å². The number of anilines is 1. The third-order valence-corrected chi connectivity index (χ3v) is 5.66. The number of aromatic amines is 1. The Bertz CT molecular complexity index is 1310. The topological polar surface area (TPSA) is 99.9 Å². The Balaban J connectivity index is 1.42. The van der Waals surface area contributed by atoms with Gasteiger partial charge in [-0.2, -0.15) is 18.2 Å². The van der Waals surface area contributed by atoms with E-state index in [1.165, 1.54) is 12.1 Å². The second kappa shape index (κ2) is 8.32. The number of nitrogens with one attached hydrogen (secondary N) is 2. The Kier molecular flexibility index (Phi) is 5.31. The molecule has 174 valence electrons. The lowest BCUT2D eigenvalue weighted by atomic mass is 10.0. The monoisotopic (exact) mass is 468 g/mol. The van der Waals surface area contributed by atoms with E-state index in [2.05, 4.69) is 25.4 Å². The van der Waals surface area contributed by atoms with Gasteiger partial charge in [0.1, 0.15) is 6.04 Å². The molecule has 8 nitrogen and oxygen atoms in total. The van der Waals surface area contributed by atoms with E-state index in [-0.39, 0.29) is 24.3 Å². The van der Waals surface area contributed by atoms with Crippen LogP contribution >= 0.6 is 0 Å². The molecule has 1 atom stereocenters. The molecule has 1 aliphatic heterocycles. The van der Waals surface area contributed by atoms with Crippen molar-refractivity contribution in [1.29, 1.82) is 0 Å². The lowest BCUT2D eigenvalue weighted by molar-refractivity contribution is -0.137. The summed E-state index contributed by atoms with van der Waals surface area (Å²) in [6, 6.07) is 10.9. The van der Waals surface area contributed by atoms with Gasteiger partial charge in [0.05, 0.1) is 29.8 Å². The van der Waals surface area contributed by atoms with Crippen LogP contribution in [0.5, 0.6) is 0 Å². The molecule has 5 rings (SSSR count). The molecule has 2 aromatic carbocycles. The fourth-order valence-electron chi connectivity index (χ4n) is 3.80. The highest BCUT2D eigenvalue weighted by atomic mass is 19.4. The second-order valence-electron chi connectivity index (χ2n) is 8.00. The van der Waals surface area contributed by atoms with Gasteiger partial charge in [-0.25, -0.2) is 9.78 Å². The minimum absolute atomic E-state index is 0.135. The van der Waals surface area contributed by atoms with Gasteiger partial charge >= 0.3 is 12.2 Å². The van der Waals surface area contributed by atoms with Crippen LogP contribution in [0.4, 0.5) is 23.7 Å². The molecule has 3 heterocycles. The number of fused-ring (bicyclic) bond motifs is 1. The van der Waals surface area contributed by atoms with E-state index in [0.717, 1.165) is 29.1 Å². The van der Waals surface area contributed by atoms with E-state index in [1.807, 2.05) is 31.2 Å². The van der Waals surface area contributed by atoms with Crippen molar-refractivity contribution in [2.75, 3.05) is 5.32 Å². The number of nitrogens with zero attached hydrogens (tertiary/aromatic N) is 4. The maximum atomic E-state index is 13.2. The van der Waals surface area contributed by atoms with Crippen LogP contribution in [0.15, 0.2) is 59.4 Å². The quantitative estimate of drug-likeness (QED) is 0.435. The van der Waals surface area contributed by atoms with Crippen LogP contribution in [-0.4, -0.2) is 31.0 Å². The van der Waals surface area contributed by atoms with Crippen molar-refractivity contribution in [3.63, 3.8) is 0 Å². The summed E-state index contributed by atoms with van der Waals surface area (Å²) < 4.78 is 44.0. The molecule has 0 radical (unpaired) electrons. The summed E-state index contributed by atoms with van der Waals surface area (Å²) >= 11 is 0. The molecule has 2 aromatic heterocycles. The molecule has 0 saturated heterocycles. The van der Waals surface area contributed by atoms with Gasteiger partial charge in [-0.05, 0) is 31.2 Å². The molecule has 34 heavy (non-hydrogen) atoms. The number of urea groups is 1. The molecular weight excluding hydrogens is 449 g/mol. The molecule has 2 amide bonds. The van der Waals surface area contributed by atoms with Crippen LogP contribution in [0.1, 0.15) is 34.4 Å².